The highest BCUT2D eigenvalue weighted by atomic mass is 32.2. The molecule has 3 rings (SSSR count). The number of nitrogens with one attached hydrogen (secondary N) is 1. The third-order valence-corrected chi connectivity index (χ3v) is 6.27. The average molecular weight is 465 g/mol. The van der Waals surface area contributed by atoms with E-state index < -0.39 is 0 Å². The molecular weight excluding hydrogens is 444 g/mol. The number of nitrogens with zero attached hydrogens (tertiary/aromatic N) is 3. The van der Waals surface area contributed by atoms with Gasteiger partial charge in [0.25, 0.3) is 5.91 Å². The minimum Gasteiger partial charge on any atom is -0.493 e. The fraction of sp³-hybridized carbons (Fsp3) is 0.316. The molecule has 11 heteroatoms. The van der Waals surface area contributed by atoms with E-state index in [2.05, 4.69) is 15.5 Å². The van der Waals surface area contributed by atoms with Gasteiger partial charge in [-0.1, -0.05) is 41.4 Å². The van der Waals surface area contributed by atoms with Crippen molar-refractivity contribution < 1.29 is 19.1 Å². The average Bonchev–Trinajstić information content (AvgIpc) is 3.25. The molecule has 0 bridgehead atoms. The maximum Gasteiger partial charge on any atom is 0.266 e. The number of carbonyl (C=O) groups is 2. The van der Waals surface area contributed by atoms with Crippen LogP contribution in [0.4, 0.5) is 5.13 Å². The van der Waals surface area contributed by atoms with Gasteiger partial charge in [0.05, 0.1) is 19.1 Å². The lowest BCUT2D eigenvalue weighted by Gasteiger charge is -2.13. The van der Waals surface area contributed by atoms with Crippen molar-refractivity contribution >= 4 is 62.7 Å². The van der Waals surface area contributed by atoms with Crippen LogP contribution in [0.3, 0.4) is 0 Å². The van der Waals surface area contributed by atoms with Gasteiger partial charge in [-0.2, -0.15) is 0 Å². The molecule has 1 aliphatic rings. The maximum absolute atomic E-state index is 12.7. The molecule has 1 N–H and O–H groups in total. The molecule has 8 nitrogen and oxygen atoms in total. The smallest absolute Gasteiger partial charge is 0.266 e. The Balaban J connectivity index is 1.58. The summed E-state index contributed by atoms with van der Waals surface area (Å²) < 4.78 is 11.0. The van der Waals surface area contributed by atoms with Crippen molar-refractivity contribution in [2.24, 2.45) is 0 Å². The molecule has 0 atom stereocenters. The number of benzene rings is 1. The molecule has 0 radical (unpaired) electrons. The first-order valence-electron chi connectivity index (χ1n) is 8.98. The van der Waals surface area contributed by atoms with Gasteiger partial charge in [0.2, 0.25) is 11.0 Å². The summed E-state index contributed by atoms with van der Waals surface area (Å²) in [6.45, 7) is 2.19. The Labute approximate surface area is 187 Å². The normalized spacial score (nSPS) is 15.0. The van der Waals surface area contributed by atoms with Crippen molar-refractivity contribution in [3.8, 4) is 11.5 Å². The second kappa shape index (κ2) is 10.0. The van der Waals surface area contributed by atoms with Gasteiger partial charge in [0, 0.05) is 13.0 Å². The molecule has 1 aromatic carbocycles. The topological polar surface area (TPSA) is 93.6 Å². The molecule has 0 unspecified atom stereocenters. The van der Waals surface area contributed by atoms with Gasteiger partial charge in [-0.25, -0.2) is 0 Å². The van der Waals surface area contributed by atoms with Crippen LogP contribution >= 0.6 is 35.3 Å². The van der Waals surface area contributed by atoms with Crippen LogP contribution < -0.4 is 14.8 Å². The third-order valence-electron chi connectivity index (χ3n) is 4.14. The van der Waals surface area contributed by atoms with Crippen LogP contribution in [0.15, 0.2) is 23.1 Å². The number of thiocarbonyl (C=S) groups is 1. The van der Waals surface area contributed by atoms with Crippen LogP contribution in [0.2, 0.25) is 0 Å². The second-order valence-electron chi connectivity index (χ2n) is 6.23. The number of anilines is 1. The number of hydrogen-bond donors (Lipinski definition) is 1. The van der Waals surface area contributed by atoms with Gasteiger partial charge in [-0.05, 0) is 37.1 Å². The fourth-order valence-corrected chi connectivity index (χ4v) is 4.63. The second-order valence-corrected chi connectivity index (χ2v) is 9.08. The Morgan fingerprint density at radius 3 is 2.70 bits per heavy atom. The number of hydrogen-bond acceptors (Lipinski definition) is 9. The number of aryl methyl sites for hydroxylation is 1. The van der Waals surface area contributed by atoms with Crippen molar-refractivity contribution in [2.45, 2.75) is 19.8 Å². The lowest BCUT2D eigenvalue weighted by Crippen LogP contribution is -2.29. The monoisotopic (exact) mass is 464 g/mol. The first-order valence-corrected chi connectivity index (χ1v) is 11.0. The molecule has 30 heavy (non-hydrogen) atoms. The Kier molecular flexibility index (Phi) is 7.40. The number of aromatic nitrogens is 2. The van der Waals surface area contributed by atoms with Crippen molar-refractivity contribution in [3.05, 3.63) is 33.7 Å². The third kappa shape index (κ3) is 5.35. The minimum atomic E-state index is -0.169. The van der Waals surface area contributed by atoms with Crippen LogP contribution in [-0.4, -0.2) is 52.0 Å². The molecule has 0 saturated carbocycles. The zero-order chi connectivity index (χ0) is 21.7. The lowest BCUT2D eigenvalue weighted by atomic mass is 10.2. The summed E-state index contributed by atoms with van der Waals surface area (Å²) in [5, 5.41) is 11.7. The van der Waals surface area contributed by atoms with Gasteiger partial charge in [0.1, 0.15) is 9.33 Å². The Morgan fingerprint density at radius 2 is 2.03 bits per heavy atom. The number of thioether (sulfide) groups is 1. The van der Waals surface area contributed by atoms with E-state index in [0.717, 1.165) is 10.6 Å². The molecule has 2 heterocycles. The summed E-state index contributed by atoms with van der Waals surface area (Å²) in [6, 6.07) is 5.42. The summed E-state index contributed by atoms with van der Waals surface area (Å²) in [6.07, 6.45) is 2.51. The standard InChI is InChI=1S/C19H20N4O4S3/c1-11-21-22-18(29-11)20-16(24)5-4-8-23-17(25)15(30-19(23)28)10-12-6-7-13(26-2)14(9-12)27-3/h6-7,9-10H,4-5,8H2,1-3H3,(H,20,22,24)/b15-10-. The van der Waals surface area contributed by atoms with E-state index in [9.17, 15) is 9.59 Å². The first-order chi connectivity index (χ1) is 14.4. The van der Waals surface area contributed by atoms with E-state index >= 15 is 0 Å². The molecule has 1 fully saturated rings. The molecule has 2 amide bonds. The molecule has 1 aromatic heterocycles. The zero-order valence-corrected chi connectivity index (χ0v) is 19.1. The lowest BCUT2D eigenvalue weighted by molar-refractivity contribution is -0.122. The van der Waals surface area contributed by atoms with Crippen molar-refractivity contribution in [2.75, 3.05) is 26.1 Å². The van der Waals surface area contributed by atoms with Crippen LogP contribution in [0, 0.1) is 6.92 Å². The van der Waals surface area contributed by atoms with E-state index in [0.29, 0.717) is 38.8 Å². The van der Waals surface area contributed by atoms with Crippen LogP contribution in [0.25, 0.3) is 6.08 Å². The quantitative estimate of drug-likeness (QED) is 0.469. The SMILES string of the molecule is COc1ccc(/C=C2\SC(=S)N(CCCC(=O)Nc3nnc(C)s3)C2=O)cc1OC. The van der Waals surface area contributed by atoms with Crippen molar-refractivity contribution in [1.82, 2.24) is 15.1 Å². The van der Waals surface area contributed by atoms with E-state index in [-0.39, 0.29) is 18.2 Å². The van der Waals surface area contributed by atoms with Gasteiger partial charge in [-0.3, -0.25) is 14.5 Å². The number of rotatable bonds is 8. The van der Waals surface area contributed by atoms with Crippen LogP contribution in [-0.2, 0) is 9.59 Å². The predicted molar refractivity (Wildman–Crippen MR) is 122 cm³/mol. The first kappa shape index (κ1) is 22.2. The number of amides is 2. The van der Waals surface area contributed by atoms with Crippen molar-refractivity contribution in [3.63, 3.8) is 0 Å². The molecule has 1 saturated heterocycles. The largest absolute Gasteiger partial charge is 0.493 e. The summed E-state index contributed by atoms with van der Waals surface area (Å²) in [7, 11) is 3.13. The summed E-state index contributed by atoms with van der Waals surface area (Å²) >= 11 is 7.91. The molecule has 2 aromatic rings. The summed E-state index contributed by atoms with van der Waals surface area (Å²) in [5.74, 6) is 0.861. The highest BCUT2D eigenvalue weighted by Crippen LogP contribution is 2.34. The highest BCUT2D eigenvalue weighted by Gasteiger charge is 2.31. The minimum absolute atomic E-state index is 0.167. The number of ether oxygens (including phenoxy) is 2. The Bertz CT molecular complexity index is 1010. The van der Waals surface area contributed by atoms with Gasteiger partial charge in [0.15, 0.2) is 11.5 Å². The summed E-state index contributed by atoms with van der Waals surface area (Å²) in [4.78, 5) is 26.8. The number of methoxy groups -OCH3 is 2. The zero-order valence-electron chi connectivity index (χ0n) is 16.6. The Morgan fingerprint density at radius 1 is 1.27 bits per heavy atom. The van der Waals surface area contributed by atoms with Gasteiger partial charge < -0.3 is 14.8 Å². The van der Waals surface area contributed by atoms with E-state index in [1.807, 2.05) is 13.0 Å². The van der Waals surface area contributed by atoms with Gasteiger partial charge in [-0.15, -0.1) is 10.2 Å². The van der Waals surface area contributed by atoms with Gasteiger partial charge >= 0.3 is 0 Å². The summed E-state index contributed by atoms with van der Waals surface area (Å²) in [5.41, 5.74) is 0.805. The molecule has 0 spiro atoms. The molecular formula is C19H20N4O4S3. The van der Waals surface area contributed by atoms with Crippen molar-refractivity contribution in [1.29, 1.82) is 0 Å². The highest BCUT2D eigenvalue weighted by molar-refractivity contribution is 8.26. The maximum atomic E-state index is 12.7. The molecule has 1 aliphatic heterocycles. The Hall–Kier alpha value is -2.50. The van der Waals surface area contributed by atoms with Crippen LogP contribution in [0.1, 0.15) is 23.4 Å². The van der Waals surface area contributed by atoms with Crippen LogP contribution in [0.5, 0.6) is 11.5 Å². The molecule has 0 aliphatic carbocycles. The van der Waals surface area contributed by atoms with E-state index in [1.54, 1.807) is 32.4 Å². The fourth-order valence-electron chi connectivity index (χ4n) is 2.71. The van der Waals surface area contributed by atoms with E-state index in [4.69, 9.17) is 21.7 Å². The molecule has 158 valence electrons. The predicted octanol–water partition coefficient (Wildman–Crippen LogP) is 3.48. The number of carbonyl (C=O) groups excluding carboxylic acids is 2. The van der Waals surface area contributed by atoms with E-state index in [1.165, 1.54) is 28.0 Å².